The molecule has 0 atom stereocenters. The summed E-state index contributed by atoms with van der Waals surface area (Å²) < 4.78 is 66.7. The Morgan fingerprint density at radius 1 is 0.750 bits per heavy atom. The van der Waals surface area contributed by atoms with Crippen LogP contribution in [0.1, 0.15) is 11.1 Å². The lowest BCUT2D eigenvalue weighted by Crippen LogP contribution is -2.35. The molecule has 1 radical (unpaired) electrons. The summed E-state index contributed by atoms with van der Waals surface area (Å²) in [5.74, 6) is -5.12. The molecule has 20 heavy (non-hydrogen) atoms. The highest BCUT2D eigenvalue weighted by atomic mass is 19.2. The Hall–Kier alpha value is -1.85. The second kappa shape index (κ2) is 5.27. The molecular formula is C14H9BF5. The molecule has 6 heteroatoms. The summed E-state index contributed by atoms with van der Waals surface area (Å²) in [6, 6.07) is 2.10. The van der Waals surface area contributed by atoms with E-state index in [1.165, 1.54) is 13.8 Å². The average Bonchev–Trinajstić information content (AvgIpc) is 2.37. The SMILES string of the molecule is Cc1c(F)cc(F)cc1[B]c1c(F)cc(F)c(F)c1C. The molecule has 0 heterocycles. The highest BCUT2D eigenvalue weighted by molar-refractivity contribution is 6.68. The predicted octanol–water partition coefficient (Wildman–Crippen LogP) is 2.65. The molecule has 2 aromatic rings. The van der Waals surface area contributed by atoms with Crippen molar-refractivity contribution in [2.75, 3.05) is 0 Å². The van der Waals surface area contributed by atoms with Crippen LogP contribution in [0.15, 0.2) is 18.2 Å². The van der Waals surface area contributed by atoms with Crippen LogP contribution in [0.2, 0.25) is 0 Å². The summed E-state index contributed by atoms with van der Waals surface area (Å²) >= 11 is 0. The van der Waals surface area contributed by atoms with Gasteiger partial charge in [-0.25, -0.2) is 22.0 Å². The quantitative estimate of drug-likeness (QED) is 0.451. The van der Waals surface area contributed by atoms with E-state index in [2.05, 4.69) is 0 Å². The Balaban J connectivity index is 2.54. The fraction of sp³-hybridized carbons (Fsp3) is 0.143. The smallest absolute Gasteiger partial charge is 0.196 e. The van der Waals surface area contributed by atoms with Crippen molar-refractivity contribution in [3.63, 3.8) is 0 Å². The molecular weight excluding hydrogens is 274 g/mol. The Labute approximate surface area is 113 Å². The molecule has 2 rings (SSSR count). The van der Waals surface area contributed by atoms with Crippen LogP contribution in [0, 0.1) is 42.9 Å². The van der Waals surface area contributed by atoms with Gasteiger partial charge >= 0.3 is 0 Å². The Bertz CT molecular complexity index is 682. The average molecular weight is 283 g/mol. The number of halogens is 5. The maximum atomic E-state index is 13.7. The van der Waals surface area contributed by atoms with E-state index in [9.17, 15) is 22.0 Å². The molecule has 0 N–H and O–H groups in total. The summed E-state index contributed by atoms with van der Waals surface area (Å²) in [5, 5.41) is 0. The van der Waals surface area contributed by atoms with Gasteiger partial charge in [-0.1, -0.05) is 5.46 Å². The highest BCUT2D eigenvalue weighted by Crippen LogP contribution is 2.12. The van der Waals surface area contributed by atoms with Crippen molar-refractivity contribution >= 4 is 18.2 Å². The number of rotatable bonds is 2. The lowest BCUT2D eigenvalue weighted by Gasteiger charge is -2.11. The molecule has 0 fully saturated rings. The van der Waals surface area contributed by atoms with Crippen LogP contribution >= 0.6 is 0 Å². The van der Waals surface area contributed by atoms with Crippen LogP contribution < -0.4 is 10.9 Å². The maximum absolute atomic E-state index is 13.7. The van der Waals surface area contributed by atoms with E-state index in [1.807, 2.05) is 0 Å². The number of hydrogen-bond donors (Lipinski definition) is 0. The second-order valence-corrected chi connectivity index (χ2v) is 4.44. The largest absolute Gasteiger partial charge is 0.207 e. The van der Waals surface area contributed by atoms with Crippen LogP contribution in [-0.4, -0.2) is 7.28 Å². The molecule has 0 nitrogen and oxygen atoms in total. The Morgan fingerprint density at radius 3 is 2.05 bits per heavy atom. The Morgan fingerprint density at radius 2 is 1.40 bits per heavy atom. The zero-order chi connectivity index (χ0) is 15.0. The van der Waals surface area contributed by atoms with Crippen molar-refractivity contribution in [1.29, 1.82) is 0 Å². The van der Waals surface area contributed by atoms with Crippen molar-refractivity contribution in [3.05, 3.63) is 58.4 Å². The minimum Gasteiger partial charge on any atom is -0.207 e. The first-order valence-corrected chi connectivity index (χ1v) is 5.75. The first-order chi connectivity index (χ1) is 9.31. The van der Waals surface area contributed by atoms with Crippen molar-refractivity contribution in [2.24, 2.45) is 0 Å². The van der Waals surface area contributed by atoms with Crippen LogP contribution in [0.25, 0.3) is 0 Å². The molecule has 0 bridgehead atoms. The van der Waals surface area contributed by atoms with E-state index in [0.29, 0.717) is 12.1 Å². The summed E-state index contributed by atoms with van der Waals surface area (Å²) in [7, 11) is 1.09. The summed E-state index contributed by atoms with van der Waals surface area (Å²) in [6.45, 7) is 2.58. The number of hydrogen-bond acceptors (Lipinski definition) is 0. The fourth-order valence-corrected chi connectivity index (χ4v) is 1.88. The van der Waals surface area contributed by atoms with E-state index in [-0.39, 0.29) is 22.1 Å². The minimum atomic E-state index is -1.31. The molecule has 0 unspecified atom stereocenters. The molecule has 0 aliphatic carbocycles. The van der Waals surface area contributed by atoms with Crippen LogP contribution in [0.4, 0.5) is 22.0 Å². The standard InChI is InChI=1S/C14H9BF5/c1-6-9(3-8(16)4-10(6)17)15-13-7(2)14(20)12(19)5-11(13)18/h3-5H,1-2H3. The van der Waals surface area contributed by atoms with E-state index in [4.69, 9.17) is 0 Å². The third-order valence-electron chi connectivity index (χ3n) is 3.10. The monoisotopic (exact) mass is 283 g/mol. The van der Waals surface area contributed by atoms with Gasteiger partial charge in [-0.05, 0) is 36.5 Å². The van der Waals surface area contributed by atoms with Crippen LogP contribution in [-0.2, 0) is 0 Å². The van der Waals surface area contributed by atoms with Gasteiger partial charge in [-0.2, -0.15) is 0 Å². The van der Waals surface area contributed by atoms with Crippen LogP contribution in [0.5, 0.6) is 0 Å². The molecule has 0 amide bonds. The summed E-state index contributed by atoms with van der Waals surface area (Å²) in [5.41, 5.74) is -0.339. The first-order valence-electron chi connectivity index (χ1n) is 5.75. The van der Waals surface area contributed by atoms with E-state index < -0.39 is 29.1 Å². The van der Waals surface area contributed by atoms with Crippen molar-refractivity contribution in [2.45, 2.75) is 13.8 Å². The van der Waals surface area contributed by atoms with Crippen molar-refractivity contribution in [3.8, 4) is 0 Å². The van der Waals surface area contributed by atoms with E-state index in [0.717, 1.165) is 13.3 Å². The topological polar surface area (TPSA) is 0 Å². The molecule has 103 valence electrons. The van der Waals surface area contributed by atoms with Gasteiger partial charge in [-0.15, -0.1) is 0 Å². The van der Waals surface area contributed by atoms with Crippen molar-refractivity contribution in [1.82, 2.24) is 0 Å². The van der Waals surface area contributed by atoms with Gasteiger partial charge < -0.3 is 0 Å². The van der Waals surface area contributed by atoms with Gasteiger partial charge in [-0.3, -0.25) is 0 Å². The lowest BCUT2D eigenvalue weighted by atomic mass is 9.61. The van der Waals surface area contributed by atoms with Gasteiger partial charge in [0, 0.05) is 12.1 Å². The molecule has 0 spiro atoms. The van der Waals surface area contributed by atoms with Gasteiger partial charge in [0.2, 0.25) is 0 Å². The second-order valence-electron chi connectivity index (χ2n) is 4.44. The van der Waals surface area contributed by atoms with Gasteiger partial charge in [0.1, 0.15) is 17.5 Å². The summed E-state index contributed by atoms with van der Waals surface area (Å²) in [6.07, 6.45) is 0. The summed E-state index contributed by atoms with van der Waals surface area (Å²) in [4.78, 5) is 0. The fourth-order valence-electron chi connectivity index (χ4n) is 1.88. The first kappa shape index (κ1) is 14.6. The number of benzene rings is 2. The third kappa shape index (κ3) is 2.55. The zero-order valence-electron chi connectivity index (χ0n) is 10.7. The predicted molar refractivity (Wildman–Crippen MR) is 67.2 cm³/mol. The van der Waals surface area contributed by atoms with Gasteiger partial charge in [0.15, 0.2) is 18.9 Å². The normalized spacial score (nSPS) is 10.8. The van der Waals surface area contributed by atoms with Crippen LogP contribution in [0.3, 0.4) is 0 Å². The molecule has 2 aromatic carbocycles. The maximum Gasteiger partial charge on any atom is 0.196 e. The van der Waals surface area contributed by atoms with Gasteiger partial charge in [0.05, 0.1) is 0 Å². The molecule has 0 aromatic heterocycles. The van der Waals surface area contributed by atoms with E-state index in [1.54, 1.807) is 0 Å². The Kier molecular flexibility index (Phi) is 3.83. The highest BCUT2D eigenvalue weighted by Gasteiger charge is 2.18. The third-order valence-corrected chi connectivity index (χ3v) is 3.10. The lowest BCUT2D eigenvalue weighted by molar-refractivity contribution is 0.492. The molecule has 0 aliphatic heterocycles. The van der Waals surface area contributed by atoms with Crippen molar-refractivity contribution < 1.29 is 22.0 Å². The molecule has 0 saturated heterocycles. The molecule has 0 aliphatic rings. The zero-order valence-corrected chi connectivity index (χ0v) is 10.7. The molecule has 0 saturated carbocycles. The van der Waals surface area contributed by atoms with E-state index >= 15 is 0 Å². The van der Waals surface area contributed by atoms with Gasteiger partial charge in [0.25, 0.3) is 0 Å². The minimum absolute atomic E-state index is 0.0653.